The van der Waals surface area contributed by atoms with Crippen LogP contribution in [0, 0.1) is 0 Å². The SMILES string of the molecule is COC(=O)Cc1sc(Nc2ccc(OC)cc2)nc1-c1ccc2c(c1)NC(=O)CO2. The quantitative estimate of drug-likeness (QED) is 0.582. The molecule has 2 heterocycles. The van der Waals surface area contributed by atoms with Gasteiger partial charge < -0.3 is 24.8 Å². The first-order valence-electron chi connectivity index (χ1n) is 9.10. The van der Waals surface area contributed by atoms with Crippen LogP contribution in [0.3, 0.4) is 0 Å². The number of hydrogen-bond acceptors (Lipinski definition) is 8. The normalized spacial score (nSPS) is 12.4. The molecule has 8 nitrogen and oxygen atoms in total. The van der Waals surface area contributed by atoms with E-state index in [-0.39, 0.29) is 24.9 Å². The number of benzene rings is 2. The number of aromatic nitrogens is 1. The van der Waals surface area contributed by atoms with E-state index >= 15 is 0 Å². The van der Waals surface area contributed by atoms with E-state index in [9.17, 15) is 9.59 Å². The number of nitrogens with one attached hydrogen (secondary N) is 2. The summed E-state index contributed by atoms with van der Waals surface area (Å²) in [6.07, 6.45) is 0.0910. The third kappa shape index (κ3) is 4.20. The molecule has 0 spiro atoms. The molecule has 1 aliphatic rings. The number of carbonyl (C=O) groups is 2. The van der Waals surface area contributed by atoms with Crippen molar-refractivity contribution in [1.82, 2.24) is 4.98 Å². The average molecular weight is 425 g/mol. The Morgan fingerprint density at radius 2 is 2.03 bits per heavy atom. The fourth-order valence-electron chi connectivity index (χ4n) is 2.98. The molecule has 9 heteroatoms. The highest BCUT2D eigenvalue weighted by molar-refractivity contribution is 7.16. The molecule has 2 N–H and O–H groups in total. The first kappa shape index (κ1) is 19.7. The molecular formula is C21H19N3O5S. The van der Waals surface area contributed by atoms with Crippen molar-refractivity contribution in [3.63, 3.8) is 0 Å². The lowest BCUT2D eigenvalue weighted by atomic mass is 10.1. The summed E-state index contributed by atoms with van der Waals surface area (Å²) in [7, 11) is 2.96. The number of nitrogens with zero attached hydrogens (tertiary/aromatic N) is 1. The van der Waals surface area contributed by atoms with Gasteiger partial charge in [0, 0.05) is 16.1 Å². The fourth-order valence-corrected chi connectivity index (χ4v) is 3.97. The smallest absolute Gasteiger partial charge is 0.310 e. The van der Waals surface area contributed by atoms with Crippen LogP contribution < -0.4 is 20.1 Å². The van der Waals surface area contributed by atoms with Gasteiger partial charge in [-0.25, -0.2) is 4.98 Å². The molecule has 0 aliphatic carbocycles. The minimum Gasteiger partial charge on any atom is -0.497 e. The van der Waals surface area contributed by atoms with Gasteiger partial charge in [0.05, 0.1) is 32.0 Å². The number of carbonyl (C=O) groups excluding carboxylic acids is 2. The molecule has 0 bridgehead atoms. The molecule has 1 amide bonds. The topological polar surface area (TPSA) is 98.8 Å². The summed E-state index contributed by atoms with van der Waals surface area (Å²) in [5.41, 5.74) is 2.82. The molecule has 0 saturated carbocycles. The molecule has 154 valence electrons. The Morgan fingerprint density at radius 1 is 1.23 bits per heavy atom. The maximum Gasteiger partial charge on any atom is 0.310 e. The monoisotopic (exact) mass is 425 g/mol. The van der Waals surface area contributed by atoms with Gasteiger partial charge in [0.15, 0.2) is 11.7 Å². The summed E-state index contributed by atoms with van der Waals surface area (Å²) in [5.74, 6) is 0.782. The minimum atomic E-state index is -0.356. The molecule has 1 aromatic heterocycles. The predicted molar refractivity (Wildman–Crippen MR) is 114 cm³/mol. The lowest BCUT2D eigenvalue weighted by Crippen LogP contribution is -2.25. The Kier molecular flexibility index (Phi) is 5.53. The van der Waals surface area contributed by atoms with Crippen LogP contribution in [-0.2, 0) is 20.7 Å². The number of fused-ring (bicyclic) bond motifs is 1. The maximum absolute atomic E-state index is 11.9. The number of anilines is 3. The second kappa shape index (κ2) is 8.42. The Hall–Kier alpha value is -3.59. The number of ether oxygens (including phenoxy) is 3. The third-order valence-electron chi connectivity index (χ3n) is 4.46. The van der Waals surface area contributed by atoms with Crippen molar-refractivity contribution < 1.29 is 23.8 Å². The van der Waals surface area contributed by atoms with Crippen molar-refractivity contribution in [2.75, 3.05) is 31.5 Å². The first-order chi connectivity index (χ1) is 14.6. The summed E-state index contributed by atoms with van der Waals surface area (Å²) >= 11 is 1.37. The molecule has 0 unspecified atom stereocenters. The van der Waals surface area contributed by atoms with Crippen LogP contribution in [0.5, 0.6) is 11.5 Å². The Morgan fingerprint density at radius 3 is 2.77 bits per heavy atom. The molecular weight excluding hydrogens is 406 g/mol. The van der Waals surface area contributed by atoms with Gasteiger partial charge in [-0.1, -0.05) is 0 Å². The van der Waals surface area contributed by atoms with Crippen LogP contribution >= 0.6 is 11.3 Å². The van der Waals surface area contributed by atoms with Gasteiger partial charge in [0.1, 0.15) is 11.5 Å². The fraction of sp³-hybridized carbons (Fsp3) is 0.190. The molecule has 1 aliphatic heterocycles. The van der Waals surface area contributed by atoms with Crippen molar-refractivity contribution in [3.05, 3.63) is 47.3 Å². The van der Waals surface area contributed by atoms with E-state index in [1.165, 1.54) is 18.4 Å². The van der Waals surface area contributed by atoms with E-state index in [2.05, 4.69) is 15.6 Å². The highest BCUT2D eigenvalue weighted by Crippen LogP contribution is 2.37. The van der Waals surface area contributed by atoms with Gasteiger partial charge in [-0.3, -0.25) is 9.59 Å². The Labute approximate surface area is 176 Å². The number of methoxy groups -OCH3 is 2. The van der Waals surface area contributed by atoms with Gasteiger partial charge >= 0.3 is 5.97 Å². The summed E-state index contributed by atoms with van der Waals surface area (Å²) in [5, 5.41) is 6.67. The highest BCUT2D eigenvalue weighted by Gasteiger charge is 2.21. The third-order valence-corrected chi connectivity index (χ3v) is 5.43. The molecule has 30 heavy (non-hydrogen) atoms. The summed E-state index contributed by atoms with van der Waals surface area (Å²) in [6.45, 7) is -0.00737. The van der Waals surface area contributed by atoms with Crippen LogP contribution in [0.4, 0.5) is 16.5 Å². The standard InChI is InChI=1S/C21H19N3O5S/c1-27-14-6-4-13(5-7-14)22-21-24-20(17(30-21)10-19(26)28-2)12-3-8-16-15(9-12)23-18(25)11-29-16/h3-9H,10-11H2,1-2H3,(H,22,24)(H,23,25). The largest absolute Gasteiger partial charge is 0.497 e. The zero-order valence-electron chi connectivity index (χ0n) is 16.4. The second-order valence-corrected chi connectivity index (χ2v) is 7.53. The number of amides is 1. The van der Waals surface area contributed by atoms with Gasteiger partial charge in [0.2, 0.25) is 0 Å². The van der Waals surface area contributed by atoms with E-state index in [0.717, 1.165) is 21.9 Å². The van der Waals surface area contributed by atoms with Crippen molar-refractivity contribution in [1.29, 1.82) is 0 Å². The summed E-state index contributed by atoms with van der Waals surface area (Å²) < 4.78 is 15.4. The predicted octanol–water partition coefficient (Wildman–Crippen LogP) is 3.61. The number of esters is 1. The van der Waals surface area contributed by atoms with Crippen LogP contribution in [-0.4, -0.2) is 37.7 Å². The molecule has 2 aromatic carbocycles. The lowest BCUT2D eigenvalue weighted by Gasteiger charge is -2.18. The van der Waals surface area contributed by atoms with Crippen molar-refractivity contribution in [2.24, 2.45) is 0 Å². The molecule has 0 atom stereocenters. The molecule has 3 aromatic rings. The first-order valence-corrected chi connectivity index (χ1v) is 9.92. The number of thiazole rings is 1. The highest BCUT2D eigenvalue weighted by atomic mass is 32.1. The number of rotatable bonds is 6. The van der Waals surface area contributed by atoms with Gasteiger partial charge in [-0.05, 0) is 42.5 Å². The van der Waals surface area contributed by atoms with E-state index in [1.54, 1.807) is 19.2 Å². The Bertz CT molecular complexity index is 1090. The molecule has 0 radical (unpaired) electrons. The lowest BCUT2D eigenvalue weighted by molar-refractivity contribution is -0.139. The second-order valence-electron chi connectivity index (χ2n) is 6.45. The maximum atomic E-state index is 11.9. The van der Waals surface area contributed by atoms with Crippen molar-refractivity contribution in [2.45, 2.75) is 6.42 Å². The van der Waals surface area contributed by atoms with E-state index in [4.69, 9.17) is 14.2 Å². The van der Waals surface area contributed by atoms with Crippen LogP contribution in [0.25, 0.3) is 11.3 Å². The minimum absolute atomic E-state index is 0.00737. The zero-order chi connectivity index (χ0) is 21.1. The average Bonchev–Trinajstić information content (AvgIpc) is 3.15. The van der Waals surface area contributed by atoms with E-state index in [0.29, 0.717) is 22.3 Å². The van der Waals surface area contributed by atoms with Crippen LogP contribution in [0.15, 0.2) is 42.5 Å². The zero-order valence-corrected chi connectivity index (χ0v) is 17.2. The molecule has 0 saturated heterocycles. The van der Waals surface area contributed by atoms with Crippen molar-refractivity contribution in [3.8, 4) is 22.8 Å². The van der Waals surface area contributed by atoms with E-state index < -0.39 is 0 Å². The Balaban J connectivity index is 1.67. The summed E-state index contributed by atoms with van der Waals surface area (Å²) in [4.78, 5) is 29.0. The van der Waals surface area contributed by atoms with Gasteiger partial charge in [0.25, 0.3) is 5.91 Å². The van der Waals surface area contributed by atoms with Gasteiger partial charge in [-0.2, -0.15) is 0 Å². The summed E-state index contributed by atoms with van der Waals surface area (Å²) in [6, 6.07) is 12.9. The van der Waals surface area contributed by atoms with Crippen LogP contribution in [0.1, 0.15) is 4.88 Å². The van der Waals surface area contributed by atoms with Gasteiger partial charge in [-0.15, -0.1) is 11.3 Å². The molecule has 4 rings (SSSR count). The van der Waals surface area contributed by atoms with Crippen LogP contribution in [0.2, 0.25) is 0 Å². The molecule has 0 fully saturated rings. The van der Waals surface area contributed by atoms with E-state index in [1.807, 2.05) is 30.3 Å². The van der Waals surface area contributed by atoms with Crippen molar-refractivity contribution >= 4 is 39.7 Å². The number of hydrogen-bond donors (Lipinski definition) is 2.